The predicted octanol–water partition coefficient (Wildman–Crippen LogP) is 1.60. The zero-order valence-corrected chi connectivity index (χ0v) is 14.6. The van der Waals surface area contributed by atoms with Crippen molar-refractivity contribution in [2.75, 3.05) is 19.7 Å². The zero-order chi connectivity index (χ0) is 17.6. The number of morpholine rings is 1. The molecule has 2 N–H and O–H groups in total. The second-order valence-electron chi connectivity index (χ2n) is 6.62. The van der Waals surface area contributed by atoms with Crippen LogP contribution >= 0.6 is 0 Å². The van der Waals surface area contributed by atoms with Crippen molar-refractivity contribution < 1.29 is 4.74 Å². The van der Waals surface area contributed by atoms with Crippen LogP contribution < -0.4 is 11.2 Å². The fraction of sp³-hybridized carbons (Fsp3) is 0.474. The van der Waals surface area contributed by atoms with Crippen molar-refractivity contribution in [2.24, 2.45) is 0 Å². The topological polar surface area (TPSA) is 78.2 Å². The monoisotopic (exact) mass is 343 g/mol. The van der Waals surface area contributed by atoms with Gasteiger partial charge in [0.1, 0.15) is 0 Å². The highest BCUT2D eigenvalue weighted by Gasteiger charge is 2.21. The van der Waals surface area contributed by atoms with Gasteiger partial charge in [0.2, 0.25) is 0 Å². The summed E-state index contributed by atoms with van der Waals surface area (Å²) in [5, 5.41) is 0. The van der Waals surface area contributed by atoms with Gasteiger partial charge in [0.15, 0.2) is 0 Å². The Balaban J connectivity index is 1.53. The molecule has 0 aliphatic carbocycles. The number of hydrogen-bond acceptors (Lipinski definition) is 4. The number of nitrogens with zero attached hydrogens (tertiary/aromatic N) is 1. The molecule has 1 aliphatic rings. The van der Waals surface area contributed by atoms with Gasteiger partial charge in [0.05, 0.1) is 18.3 Å². The molecule has 6 nitrogen and oxygen atoms in total. The normalized spacial score (nSPS) is 18.4. The van der Waals surface area contributed by atoms with Gasteiger partial charge < -0.3 is 9.72 Å². The number of ether oxygens (including phenoxy) is 1. The van der Waals surface area contributed by atoms with Crippen LogP contribution in [-0.2, 0) is 17.7 Å². The van der Waals surface area contributed by atoms with Crippen LogP contribution in [0.25, 0.3) is 0 Å². The highest BCUT2D eigenvalue weighted by atomic mass is 16.5. The molecule has 2 heterocycles. The third kappa shape index (κ3) is 4.90. The molecule has 0 amide bonds. The quantitative estimate of drug-likeness (QED) is 0.835. The Morgan fingerprint density at radius 3 is 2.76 bits per heavy atom. The first-order valence-corrected chi connectivity index (χ1v) is 8.82. The Morgan fingerprint density at radius 1 is 1.20 bits per heavy atom. The van der Waals surface area contributed by atoms with Crippen molar-refractivity contribution in [3.05, 3.63) is 68.0 Å². The second kappa shape index (κ2) is 8.27. The largest absolute Gasteiger partial charge is 0.376 e. The van der Waals surface area contributed by atoms with Crippen LogP contribution in [0.2, 0.25) is 0 Å². The Hall–Kier alpha value is -2.18. The van der Waals surface area contributed by atoms with Gasteiger partial charge >= 0.3 is 5.69 Å². The molecule has 0 spiro atoms. The molecule has 1 aromatic carbocycles. The van der Waals surface area contributed by atoms with Crippen LogP contribution in [-0.4, -0.2) is 40.7 Å². The van der Waals surface area contributed by atoms with Gasteiger partial charge in [-0.3, -0.25) is 14.7 Å². The Bertz CT molecular complexity index is 798. The van der Waals surface area contributed by atoms with E-state index in [2.05, 4.69) is 39.1 Å². The minimum Gasteiger partial charge on any atom is -0.376 e. The third-order valence-electron chi connectivity index (χ3n) is 4.69. The van der Waals surface area contributed by atoms with Crippen LogP contribution in [0.15, 0.2) is 39.9 Å². The molecule has 1 fully saturated rings. The van der Waals surface area contributed by atoms with Gasteiger partial charge in [-0.1, -0.05) is 30.3 Å². The first-order chi connectivity index (χ1) is 12.1. The van der Waals surface area contributed by atoms with Crippen molar-refractivity contribution in [3.8, 4) is 0 Å². The molecule has 0 radical (unpaired) electrons. The van der Waals surface area contributed by atoms with E-state index in [1.807, 2.05) is 6.07 Å². The zero-order valence-electron chi connectivity index (χ0n) is 14.6. The van der Waals surface area contributed by atoms with Crippen molar-refractivity contribution in [3.63, 3.8) is 0 Å². The fourth-order valence-corrected chi connectivity index (χ4v) is 3.32. The molecule has 0 saturated carbocycles. The van der Waals surface area contributed by atoms with E-state index < -0.39 is 5.69 Å². The molecule has 25 heavy (non-hydrogen) atoms. The van der Waals surface area contributed by atoms with E-state index in [9.17, 15) is 9.59 Å². The van der Waals surface area contributed by atoms with E-state index in [-0.39, 0.29) is 11.7 Å². The van der Waals surface area contributed by atoms with Gasteiger partial charge in [-0.2, -0.15) is 0 Å². The van der Waals surface area contributed by atoms with E-state index >= 15 is 0 Å². The van der Waals surface area contributed by atoms with Crippen molar-refractivity contribution in [1.82, 2.24) is 14.9 Å². The summed E-state index contributed by atoms with van der Waals surface area (Å²) in [5.41, 5.74) is 1.87. The summed E-state index contributed by atoms with van der Waals surface area (Å²) < 4.78 is 5.88. The molecule has 0 bridgehead atoms. The molecule has 1 aliphatic heterocycles. The summed E-state index contributed by atoms with van der Waals surface area (Å²) in [6, 6.07) is 10.5. The number of aromatic amines is 2. The number of H-pyrrole nitrogens is 2. The van der Waals surface area contributed by atoms with E-state index in [0.717, 1.165) is 32.4 Å². The molecule has 1 unspecified atom stereocenters. The molecule has 6 heteroatoms. The number of aryl methyl sites for hydroxylation is 2. The van der Waals surface area contributed by atoms with Gasteiger partial charge in [0.25, 0.3) is 5.56 Å². The number of aromatic nitrogens is 2. The van der Waals surface area contributed by atoms with Crippen LogP contribution in [0.4, 0.5) is 0 Å². The molecule has 134 valence electrons. The molecule has 2 aromatic rings. The van der Waals surface area contributed by atoms with Crippen molar-refractivity contribution in [2.45, 2.75) is 38.8 Å². The lowest BCUT2D eigenvalue weighted by Crippen LogP contribution is -2.43. The SMILES string of the molecule is Cc1[nH]c(=O)[nH]c(=O)c1CN1CCOC(CCCc2ccccc2)C1. The first kappa shape index (κ1) is 17.6. The summed E-state index contributed by atoms with van der Waals surface area (Å²) in [5.74, 6) is 0. The molecular weight excluding hydrogens is 318 g/mol. The number of benzene rings is 1. The Labute approximate surface area is 146 Å². The molecule has 1 saturated heterocycles. The van der Waals surface area contributed by atoms with E-state index in [4.69, 9.17) is 4.74 Å². The first-order valence-electron chi connectivity index (χ1n) is 8.82. The van der Waals surface area contributed by atoms with Crippen LogP contribution in [0, 0.1) is 6.92 Å². The van der Waals surface area contributed by atoms with Crippen molar-refractivity contribution >= 4 is 0 Å². The standard InChI is InChI=1S/C19H25N3O3/c1-14-17(18(23)21-19(24)20-14)13-22-10-11-25-16(12-22)9-5-8-15-6-3-2-4-7-15/h2-4,6-7,16H,5,8-13H2,1H3,(H2,20,21,23,24). The average Bonchev–Trinajstić information content (AvgIpc) is 2.59. The number of hydrogen-bond donors (Lipinski definition) is 2. The van der Waals surface area contributed by atoms with E-state index in [0.29, 0.717) is 24.4 Å². The predicted molar refractivity (Wildman–Crippen MR) is 96.8 cm³/mol. The summed E-state index contributed by atoms with van der Waals surface area (Å²) in [4.78, 5) is 30.5. The lowest BCUT2D eigenvalue weighted by molar-refractivity contribution is -0.0357. The van der Waals surface area contributed by atoms with Gasteiger partial charge in [-0.05, 0) is 31.7 Å². The molecular formula is C19H25N3O3. The van der Waals surface area contributed by atoms with Gasteiger partial charge in [-0.15, -0.1) is 0 Å². The minimum absolute atomic E-state index is 0.194. The summed E-state index contributed by atoms with van der Waals surface area (Å²) in [6.07, 6.45) is 3.34. The summed E-state index contributed by atoms with van der Waals surface area (Å²) in [6.45, 7) is 4.59. The highest BCUT2D eigenvalue weighted by molar-refractivity contribution is 5.15. The van der Waals surface area contributed by atoms with E-state index in [1.165, 1.54) is 5.56 Å². The highest BCUT2D eigenvalue weighted by Crippen LogP contribution is 2.15. The smallest absolute Gasteiger partial charge is 0.325 e. The summed E-state index contributed by atoms with van der Waals surface area (Å²) in [7, 11) is 0. The minimum atomic E-state index is -0.452. The third-order valence-corrected chi connectivity index (χ3v) is 4.69. The number of rotatable bonds is 6. The maximum Gasteiger partial charge on any atom is 0.325 e. The molecule has 1 aromatic heterocycles. The maximum absolute atomic E-state index is 12.0. The lowest BCUT2D eigenvalue weighted by Gasteiger charge is -2.33. The molecule has 1 atom stereocenters. The fourth-order valence-electron chi connectivity index (χ4n) is 3.32. The van der Waals surface area contributed by atoms with Crippen LogP contribution in [0.3, 0.4) is 0 Å². The molecule has 3 rings (SSSR count). The Kier molecular flexibility index (Phi) is 5.83. The Morgan fingerprint density at radius 2 is 2.00 bits per heavy atom. The van der Waals surface area contributed by atoms with Crippen LogP contribution in [0.1, 0.15) is 29.7 Å². The van der Waals surface area contributed by atoms with Gasteiger partial charge in [-0.25, -0.2) is 4.79 Å². The van der Waals surface area contributed by atoms with Crippen LogP contribution in [0.5, 0.6) is 0 Å². The van der Waals surface area contributed by atoms with Crippen molar-refractivity contribution in [1.29, 1.82) is 0 Å². The summed E-state index contributed by atoms with van der Waals surface area (Å²) >= 11 is 0. The number of nitrogens with one attached hydrogen (secondary N) is 2. The maximum atomic E-state index is 12.0. The lowest BCUT2D eigenvalue weighted by atomic mass is 10.0. The average molecular weight is 343 g/mol. The van der Waals surface area contributed by atoms with E-state index in [1.54, 1.807) is 6.92 Å². The second-order valence-corrected chi connectivity index (χ2v) is 6.62. The van der Waals surface area contributed by atoms with Gasteiger partial charge in [0, 0.05) is 25.3 Å².